The molecule has 0 radical (unpaired) electrons. The Labute approximate surface area is 170 Å². The first-order valence-corrected chi connectivity index (χ1v) is 10.5. The number of nitrogens with two attached hydrogens (primary N) is 1. The fourth-order valence-electron chi connectivity index (χ4n) is 2.87. The van der Waals surface area contributed by atoms with E-state index in [1.54, 1.807) is 6.07 Å². The van der Waals surface area contributed by atoms with Crippen molar-refractivity contribution in [2.45, 2.75) is 12.5 Å². The van der Waals surface area contributed by atoms with Crippen LogP contribution in [0.15, 0.2) is 46.0 Å². The number of pyridine rings is 1. The third-order valence-electron chi connectivity index (χ3n) is 4.40. The summed E-state index contributed by atoms with van der Waals surface area (Å²) in [6.45, 7) is 1.48. The first kappa shape index (κ1) is 20.4. The van der Waals surface area contributed by atoms with Gasteiger partial charge in [-0.3, -0.25) is 4.98 Å². The number of hydrogen-bond donors (Lipinski definition) is 1. The molecular weight excluding hydrogens is 454 g/mol. The fraction of sp³-hybridized carbons (Fsp3) is 0.222. The van der Waals surface area contributed by atoms with Gasteiger partial charge in [-0.25, -0.2) is 26.5 Å². The Bertz CT molecular complexity index is 1090. The van der Waals surface area contributed by atoms with E-state index in [4.69, 9.17) is 5.73 Å². The van der Waals surface area contributed by atoms with Crippen LogP contribution in [0.3, 0.4) is 0 Å². The maximum atomic E-state index is 14.5. The fourth-order valence-corrected chi connectivity index (χ4v) is 4.56. The summed E-state index contributed by atoms with van der Waals surface area (Å²) in [5.74, 6) is -1.97. The molecule has 0 amide bonds. The second kappa shape index (κ2) is 7.25. The summed E-state index contributed by atoms with van der Waals surface area (Å²) in [5, 5.41) is 0. The van der Waals surface area contributed by atoms with Crippen molar-refractivity contribution in [3.8, 4) is 0 Å². The average molecular weight is 471 g/mol. The van der Waals surface area contributed by atoms with Gasteiger partial charge in [0.25, 0.3) is 0 Å². The SMILES string of the molecule is CN1C(N)=N[C@](C)(c2cc(/C=C(\F)c3ccc(Br)cn3)ccc2F)CS1(=O)=O. The molecule has 0 bridgehead atoms. The zero-order valence-electron chi connectivity index (χ0n) is 15.0. The van der Waals surface area contributed by atoms with E-state index in [0.29, 0.717) is 10.0 Å². The van der Waals surface area contributed by atoms with Gasteiger partial charge in [0, 0.05) is 23.3 Å². The lowest BCUT2D eigenvalue weighted by Crippen LogP contribution is -2.50. The summed E-state index contributed by atoms with van der Waals surface area (Å²) >= 11 is 3.23. The Morgan fingerprint density at radius 1 is 1.36 bits per heavy atom. The van der Waals surface area contributed by atoms with Gasteiger partial charge in [-0.15, -0.1) is 0 Å². The van der Waals surface area contributed by atoms with Gasteiger partial charge in [-0.1, -0.05) is 6.07 Å². The minimum atomic E-state index is -3.76. The molecule has 3 rings (SSSR count). The molecule has 6 nitrogen and oxygen atoms in total. The minimum absolute atomic E-state index is 0.0115. The molecule has 2 N–H and O–H groups in total. The standard InChI is InChI=1S/C18H17BrF2N4O2S/c1-18(10-28(26,27)25(2)17(22)24-18)13-7-11(3-5-14(13)20)8-15(21)16-6-4-12(19)9-23-16/h3-9H,10H2,1-2H3,(H2,22,24)/b15-8-/t18-/m0/s1. The average Bonchev–Trinajstić information content (AvgIpc) is 2.61. The van der Waals surface area contributed by atoms with E-state index in [0.717, 1.165) is 10.4 Å². The van der Waals surface area contributed by atoms with E-state index in [1.807, 2.05) is 0 Å². The van der Waals surface area contributed by atoms with Gasteiger partial charge in [0.2, 0.25) is 16.0 Å². The van der Waals surface area contributed by atoms with Gasteiger partial charge >= 0.3 is 0 Å². The zero-order chi connectivity index (χ0) is 20.7. The molecule has 0 spiro atoms. The highest BCUT2D eigenvalue weighted by atomic mass is 79.9. The maximum Gasteiger partial charge on any atom is 0.239 e. The van der Waals surface area contributed by atoms with Crippen LogP contribution in [-0.4, -0.2) is 36.5 Å². The van der Waals surface area contributed by atoms with E-state index >= 15 is 0 Å². The Morgan fingerprint density at radius 2 is 2.07 bits per heavy atom. The number of aromatic nitrogens is 1. The van der Waals surface area contributed by atoms with Gasteiger partial charge in [0.1, 0.15) is 17.2 Å². The van der Waals surface area contributed by atoms with Gasteiger partial charge in [-0.05, 0) is 58.8 Å². The van der Waals surface area contributed by atoms with Crippen molar-refractivity contribution in [3.63, 3.8) is 0 Å². The highest BCUT2D eigenvalue weighted by Crippen LogP contribution is 2.34. The number of aliphatic imine (C=N–C) groups is 1. The summed E-state index contributed by atoms with van der Waals surface area (Å²) in [6.07, 6.45) is 2.65. The Morgan fingerprint density at radius 3 is 2.68 bits per heavy atom. The van der Waals surface area contributed by atoms with Crippen LogP contribution in [0.2, 0.25) is 0 Å². The molecule has 10 heteroatoms. The number of guanidine groups is 1. The third-order valence-corrected chi connectivity index (χ3v) is 6.82. The van der Waals surface area contributed by atoms with Gasteiger partial charge in [-0.2, -0.15) is 0 Å². The smallest absolute Gasteiger partial charge is 0.239 e. The molecule has 1 aromatic heterocycles. The molecular formula is C18H17BrF2N4O2S. The highest BCUT2D eigenvalue weighted by molar-refractivity contribution is 9.10. The van der Waals surface area contributed by atoms with Crippen LogP contribution in [0.4, 0.5) is 8.78 Å². The van der Waals surface area contributed by atoms with Crippen LogP contribution in [0.5, 0.6) is 0 Å². The lowest BCUT2D eigenvalue weighted by molar-refractivity contribution is 0.458. The third kappa shape index (κ3) is 3.93. The molecule has 0 saturated carbocycles. The summed E-state index contributed by atoms with van der Waals surface area (Å²) in [4.78, 5) is 8.15. The molecule has 148 valence electrons. The largest absolute Gasteiger partial charge is 0.369 e. The van der Waals surface area contributed by atoms with Crippen molar-refractivity contribution in [2.75, 3.05) is 12.8 Å². The van der Waals surface area contributed by atoms with Crippen LogP contribution >= 0.6 is 15.9 Å². The van der Waals surface area contributed by atoms with E-state index in [-0.39, 0.29) is 17.2 Å². The summed E-state index contributed by atoms with van der Waals surface area (Å²) in [5.41, 5.74) is 4.74. The predicted molar refractivity (Wildman–Crippen MR) is 108 cm³/mol. The summed E-state index contributed by atoms with van der Waals surface area (Å²) in [7, 11) is -2.48. The van der Waals surface area contributed by atoms with Crippen LogP contribution < -0.4 is 5.73 Å². The van der Waals surface area contributed by atoms with Crippen molar-refractivity contribution in [1.82, 2.24) is 9.29 Å². The monoisotopic (exact) mass is 470 g/mol. The molecule has 1 atom stereocenters. The molecule has 1 aliphatic heterocycles. The number of rotatable bonds is 3. The van der Waals surface area contributed by atoms with Crippen LogP contribution in [0.25, 0.3) is 11.9 Å². The molecule has 2 aromatic rings. The number of nitrogens with zero attached hydrogens (tertiary/aromatic N) is 3. The summed E-state index contributed by atoms with van der Waals surface area (Å²) in [6, 6.07) is 7.04. The van der Waals surface area contributed by atoms with E-state index in [9.17, 15) is 17.2 Å². The van der Waals surface area contributed by atoms with Crippen LogP contribution in [0.1, 0.15) is 23.7 Å². The highest BCUT2D eigenvalue weighted by Gasteiger charge is 2.41. The number of halogens is 3. The van der Waals surface area contributed by atoms with E-state index < -0.39 is 33.0 Å². The topological polar surface area (TPSA) is 88.7 Å². The molecule has 0 saturated heterocycles. The van der Waals surface area contributed by atoms with Gasteiger partial charge in [0.05, 0.1) is 11.4 Å². The Hall–Kier alpha value is -2.33. The second-order valence-electron chi connectivity index (χ2n) is 6.56. The first-order valence-electron chi connectivity index (χ1n) is 8.13. The molecule has 1 aromatic carbocycles. The Kier molecular flexibility index (Phi) is 5.28. The second-order valence-corrected chi connectivity index (χ2v) is 9.48. The normalized spacial score (nSPS) is 22.1. The number of sulfonamides is 1. The first-order chi connectivity index (χ1) is 13.0. The lowest BCUT2D eigenvalue weighted by atomic mass is 9.92. The van der Waals surface area contributed by atoms with Crippen molar-refractivity contribution in [2.24, 2.45) is 10.7 Å². The summed E-state index contributed by atoms with van der Waals surface area (Å²) < 4.78 is 55.2. The quantitative estimate of drug-likeness (QED) is 0.745. The molecule has 28 heavy (non-hydrogen) atoms. The van der Waals surface area contributed by atoms with E-state index in [2.05, 4.69) is 25.9 Å². The molecule has 2 heterocycles. The zero-order valence-corrected chi connectivity index (χ0v) is 17.4. The minimum Gasteiger partial charge on any atom is -0.369 e. The maximum absolute atomic E-state index is 14.5. The molecule has 0 aliphatic carbocycles. The lowest BCUT2D eigenvalue weighted by Gasteiger charge is -2.34. The van der Waals surface area contributed by atoms with Crippen LogP contribution in [-0.2, 0) is 15.6 Å². The number of benzene rings is 1. The van der Waals surface area contributed by atoms with Crippen molar-refractivity contribution in [3.05, 3.63) is 63.6 Å². The van der Waals surface area contributed by atoms with Crippen LogP contribution in [0, 0.1) is 5.82 Å². The molecule has 1 aliphatic rings. The van der Waals surface area contributed by atoms with Gasteiger partial charge < -0.3 is 5.73 Å². The van der Waals surface area contributed by atoms with Crippen molar-refractivity contribution in [1.29, 1.82) is 0 Å². The van der Waals surface area contributed by atoms with E-state index in [1.165, 1.54) is 44.4 Å². The molecule has 0 fully saturated rings. The van der Waals surface area contributed by atoms with Gasteiger partial charge in [0.15, 0.2) is 0 Å². The number of hydrogen-bond acceptors (Lipinski definition) is 5. The van der Waals surface area contributed by atoms with Crippen molar-refractivity contribution >= 4 is 43.8 Å². The molecule has 0 unspecified atom stereocenters. The predicted octanol–water partition coefficient (Wildman–Crippen LogP) is 3.26. The van der Waals surface area contributed by atoms with Crippen molar-refractivity contribution < 1.29 is 17.2 Å². The Balaban J connectivity index is 2.05.